The minimum Gasteiger partial charge on any atom is -0.497 e. The average Bonchev–Trinajstić information content (AvgIpc) is 3.47. The highest BCUT2D eigenvalue weighted by Crippen LogP contribution is 2.30. The molecule has 11 heteroatoms. The van der Waals surface area contributed by atoms with Gasteiger partial charge in [0.2, 0.25) is 11.0 Å². The molecule has 3 aromatic rings. The third-order valence-corrected chi connectivity index (χ3v) is 8.96. The molecular weight excluding hydrogens is 444 g/mol. The van der Waals surface area contributed by atoms with Crippen LogP contribution in [0.1, 0.15) is 12.8 Å². The van der Waals surface area contributed by atoms with Crippen LogP contribution in [0.15, 0.2) is 46.0 Å². The Labute approximate surface area is 182 Å². The fourth-order valence-electron chi connectivity index (χ4n) is 3.24. The van der Waals surface area contributed by atoms with Crippen molar-refractivity contribution in [3.05, 3.63) is 41.8 Å². The molecule has 2 aromatic heterocycles. The maximum Gasteiger partial charge on any atom is 0.252 e. The number of hydrogen-bond acceptors (Lipinski definition) is 8. The lowest BCUT2D eigenvalue weighted by Crippen LogP contribution is -2.43. The second-order valence-corrected chi connectivity index (χ2v) is 10.9. The van der Waals surface area contributed by atoms with Gasteiger partial charge in [0.25, 0.3) is 10.0 Å². The number of sulfonamides is 1. The molecule has 1 atom stereocenters. The van der Waals surface area contributed by atoms with E-state index in [0.29, 0.717) is 33.7 Å². The average molecular weight is 465 g/mol. The maximum absolute atomic E-state index is 12.8. The molecule has 1 aliphatic rings. The first-order valence-electron chi connectivity index (χ1n) is 9.30. The van der Waals surface area contributed by atoms with Crippen LogP contribution in [0.3, 0.4) is 0 Å². The number of nitrogens with zero attached hydrogens (tertiary/aromatic N) is 3. The van der Waals surface area contributed by atoms with Crippen LogP contribution in [0.2, 0.25) is 0 Å². The number of piperidine rings is 1. The van der Waals surface area contributed by atoms with Gasteiger partial charge < -0.3 is 10.1 Å². The van der Waals surface area contributed by atoms with Crippen LogP contribution < -0.4 is 10.1 Å². The van der Waals surface area contributed by atoms with E-state index in [2.05, 4.69) is 15.5 Å². The lowest BCUT2D eigenvalue weighted by Gasteiger charge is -2.30. The molecule has 1 amide bonds. The predicted molar refractivity (Wildman–Crippen MR) is 116 cm³/mol. The highest BCUT2D eigenvalue weighted by Gasteiger charge is 2.34. The number of rotatable bonds is 6. The van der Waals surface area contributed by atoms with E-state index in [1.807, 2.05) is 24.3 Å². The minimum atomic E-state index is -3.56. The largest absolute Gasteiger partial charge is 0.497 e. The number of aromatic nitrogens is 2. The Bertz CT molecular complexity index is 1110. The number of hydrogen-bond donors (Lipinski definition) is 1. The van der Waals surface area contributed by atoms with Crippen LogP contribution in [-0.4, -0.2) is 49.0 Å². The Hall–Kier alpha value is -2.34. The van der Waals surface area contributed by atoms with Crippen molar-refractivity contribution >= 4 is 43.7 Å². The van der Waals surface area contributed by atoms with Gasteiger partial charge in [0.1, 0.15) is 15.0 Å². The van der Waals surface area contributed by atoms with Gasteiger partial charge in [-0.3, -0.25) is 4.79 Å². The standard InChI is InChI=1S/C19H20N4O4S3/c1-27-15-8-6-13(7-9-15)18-21-22-19(29-18)20-17(24)14-4-2-10-23(12-14)30(25,26)16-5-3-11-28-16/h3,5-9,11,14H,2,4,10,12H2,1H3,(H,20,22,24)/t14-/m0/s1. The molecule has 4 rings (SSSR count). The van der Waals surface area contributed by atoms with E-state index in [-0.39, 0.29) is 12.5 Å². The molecule has 0 unspecified atom stereocenters. The Morgan fingerprint density at radius 1 is 1.23 bits per heavy atom. The maximum atomic E-state index is 12.8. The Morgan fingerprint density at radius 2 is 2.03 bits per heavy atom. The zero-order valence-electron chi connectivity index (χ0n) is 16.1. The van der Waals surface area contributed by atoms with E-state index < -0.39 is 15.9 Å². The van der Waals surface area contributed by atoms with Crippen molar-refractivity contribution in [2.75, 3.05) is 25.5 Å². The topological polar surface area (TPSA) is 101 Å². The third-order valence-electron chi connectivity index (χ3n) is 4.84. The van der Waals surface area contributed by atoms with Gasteiger partial charge in [-0.25, -0.2) is 8.42 Å². The first kappa shape index (κ1) is 20.9. The van der Waals surface area contributed by atoms with Gasteiger partial charge >= 0.3 is 0 Å². The van der Waals surface area contributed by atoms with E-state index in [0.717, 1.165) is 11.3 Å². The fourth-order valence-corrected chi connectivity index (χ4v) is 6.66. The molecule has 0 aliphatic carbocycles. The molecule has 1 aromatic carbocycles. The summed E-state index contributed by atoms with van der Waals surface area (Å²) in [5.41, 5.74) is 0.875. The molecule has 30 heavy (non-hydrogen) atoms. The molecule has 1 fully saturated rings. The number of nitrogens with one attached hydrogen (secondary N) is 1. The van der Waals surface area contributed by atoms with Crippen molar-refractivity contribution in [2.45, 2.75) is 17.1 Å². The van der Waals surface area contributed by atoms with Crippen molar-refractivity contribution < 1.29 is 17.9 Å². The summed E-state index contributed by atoms with van der Waals surface area (Å²) in [4.78, 5) is 12.7. The Balaban J connectivity index is 1.42. The number of amides is 1. The summed E-state index contributed by atoms with van der Waals surface area (Å²) in [6, 6.07) is 10.7. The van der Waals surface area contributed by atoms with Crippen molar-refractivity contribution in [1.82, 2.24) is 14.5 Å². The van der Waals surface area contributed by atoms with Crippen molar-refractivity contribution in [1.29, 1.82) is 0 Å². The van der Waals surface area contributed by atoms with Crippen LogP contribution in [-0.2, 0) is 14.8 Å². The van der Waals surface area contributed by atoms with Gasteiger partial charge in [-0.15, -0.1) is 21.5 Å². The zero-order valence-corrected chi connectivity index (χ0v) is 18.6. The first-order valence-corrected chi connectivity index (χ1v) is 12.4. The predicted octanol–water partition coefficient (Wildman–Crippen LogP) is 3.31. The summed E-state index contributed by atoms with van der Waals surface area (Å²) in [6.45, 7) is 0.584. The number of ether oxygens (including phenoxy) is 1. The van der Waals surface area contributed by atoms with Gasteiger partial charge in [-0.2, -0.15) is 4.31 Å². The van der Waals surface area contributed by atoms with Crippen molar-refractivity contribution in [3.8, 4) is 16.3 Å². The lowest BCUT2D eigenvalue weighted by atomic mass is 9.99. The Kier molecular flexibility index (Phi) is 6.14. The summed E-state index contributed by atoms with van der Waals surface area (Å²) >= 11 is 2.45. The van der Waals surface area contributed by atoms with Crippen molar-refractivity contribution in [3.63, 3.8) is 0 Å². The third kappa shape index (κ3) is 4.38. The van der Waals surface area contributed by atoms with Crippen LogP contribution in [0.25, 0.3) is 10.6 Å². The summed E-state index contributed by atoms with van der Waals surface area (Å²) in [5, 5.41) is 13.8. The molecule has 8 nitrogen and oxygen atoms in total. The molecular formula is C19H20N4O4S3. The lowest BCUT2D eigenvalue weighted by molar-refractivity contribution is -0.120. The second-order valence-electron chi connectivity index (χ2n) is 6.76. The quantitative estimate of drug-likeness (QED) is 0.601. The first-order chi connectivity index (χ1) is 14.5. The molecule has 0 radical (unpaired) electrons. The van der Waals surface area contributed by atoms with Gasteiger partial charge in [-0.05, 0) is 48.6 Å². The van der Waals surface area contributed by atoms with Gasteiger partial charge in [0, 0.05) is 18.7 Å². The highest BCUT2D eigenvalue weighted by molar-refractivity contribution is 7.91. The molecule has 0 saturated carbocycles. The molecule has 1 aliphatic heterocycles. The number of methoxy groups -OCH3 is 1. The van der Waals surface area contributed by atoms with E-state index >= 15 is 0 Å². The van der Waals surface area contributed by atoms with E-state index in [9.17, 15) is 13.2 Å². The van der Waals surface area contributed by atoms with E-state index in [4.69, 9.17) is 4.74 Å². The SMILES string of the molecule is COc1ccc(-c2nnc(NC(=O)[C@H]3CCCN(S(=O)(=O)c4cccs4)C3)s2)cc1. The molecule has 3 heterocycles. The van der Waals surface area contributed by atoms with Gasteiger partial charge in [0.15, 0.2) is 0 Å². The normalized spacial score (nSPS) is 17.6. The number of benzene rings is 1. The van der Waals surface area contributed by atoms with Gasteiger partial charge in [-0.1, -0.05) is 17.4 Å². The second kappa shape index (κ2) is 8.80. The highest BCUT2D eigenvalue weighted by atomic mass is 32.2. The molecule has 1 N–H and O–H groups in total. The Morgan fingerprint density at radius 3 is 2.73 bits per heavy atom. The van der Waals surface area contributed by atoms with E-state index in [1.165, 1.54) is 27.0 Å². The molecule has 1 saturated heterocycles. The molecule has 0 bridgehead atoms. The number of carbonyl (C=O) groups excluding carboxylic acids is 1. The van der Waals surface area contributed by atoms with Crippen LogP contribution in [0.4, 0.5) is 5.13 Å². The van der Waals surface area contributed by atoms with Gasteiger partial charge in [0.05, 0.1) is 13.0 Å². The minimum absolute atomic E-state index is 0.163. The summed E-state index contributed by atoms with van der Waals surface area (Å²) < 4.78 is 32.4. The zero-order chi connectivity index (χ0) is 21.1. The van der Waals surface area contributed by atoms with E-state index in [1.54, 1.807) is 24.6 Å². The number of thiophene rings is 1. The number of carbonyl (C=O) groups is 1. The monoisotopic (exact) mass is 464 g/mol. The fraction of sp³-hybridized carbons (Fsp3) is 0.316. The van der Waals surface area contributed by atoms with Crippen LogP contribution >= 0.6 is 22.7 Å². The smallest absolute Gasteiger partial charge is 0.252 e. The molecule has 0 spiro atoms. The summed E-state index contributed by atoms with van der Waals surface area (Å²) in [5.74, 6) is 0.0801. The summed E-state index contributed by atoms with van der Waals surface area (Å²) in [6.07, 6.45) is 1.27. The molecule has 158 valence electrons. The summed E-state index contributed by atoms with van der Waals surface area (Å²) in [7, 11) is -1.96. The van der Waals surface area contributed by atoms with Crippen molar-refractivity contribution in [2.24, 2.45) is 5.92 Å². The van der Waals surface area contributed by atoms with Crippen LogP contribution in [0.5, 0.6) is 5.75 Å². The van der Waals surface area contributed by atoms with Crippen LogP contribution in [0, 0.1) is 5.92 Å². The number of anilines is 1.